The Balaban J connectivity index is 0.00000300. The van der Waals surface area contributed by atoms with Crippen molar-refractivity contribution < 1.29 is 14.4 Å². The van der Waals surface area contributed by atoms with Crippen LogP contribution in [-0.2, 0) is 17.8 Å². The quantitative estimate of drug-likeness (QED) is 0.691. The molecular weight excluding hydrogens is 410 g/mol. The zero-order chi connectivity index (χ0) is 19.9. The molecule has 1 saturated heterocycles. The molecule has 2 aromatic rings. The Bertz CT molecular complexity index is 847. The first-order valence-electron chi connectivity index (χ1n) is 9.18. The van der Waals surface area contributed by atoms with Crippen LogP contribution in [0.25, 0.3) is 0 Å². The molecule has 6 nitrogen and oxygen atoms in total. The van der Waals surface area contributed by atoms with Gasteiger partial charge in [-0.05, 0) is 29.7 Å². The number of halogens is 1. The maximum absolute atomic E-state index is 13.0. The molecule has 0 bridgehead atoms. The number of benzene rings is 2. The van der Waals surface area contributed by atoms with E-state index in [1.165, 1.54) is 4.90 Å². The summed E-state index contributed by atoms with van der Waals surface area (Å²) in [6.45, 7) is 1.61. The minimum Gasteiger partial charge on any atom is -0.337 e. The van der Waals surface area contributed by atoms with Gasteiger partial charge in [0.05, 0.1) is 12.3 Å². The number of carbonyl (C=O) groups is 3. The second-order valence-electron chi connectivity index (χ2n) is 6.55. The van der Waals surface area contributed by atoms with Gasteiger partial charge in [-0.2, -0.15) is 0 Å². The highest BCUT2D eigenvalue weighted by atomic mass is 35.5. The number of imide groups is 1. The lowest BCUT2D eigenvalue weighted by molar-refractivity contribution is -0.125. The van der Waals surface area contributed by atoms with E-state index < -0.39 is 0 Å². The van der Waals surface area contributed by atoms with Crippen LogP contribution in [0, 0.1) is 0 Å². The SMILES string of the molecule is Cl.NCCN(CCc1ccccc1)C(=O)c1cccc(CN2C(=O)CSC2=O)c1. The number of amides is 3. The van der Waals surface area contributed by atoms with Gasteiger partial charge in [-0.1, -0.05) is 54.2 Å². The van der Waals surface area contributed by atoms with Crippen molar-refractivity contribution in [1.29, 1.82) is 0 Å². The van der Waals surface area contributed by atoms with Crippen LogP contribution in [-0.4, -0.2) is 52.2 Å². The van der Waals surface area contributed by atoms with E-state index >= 15 is 0 Å². The zero-order valence-electron chi connectivity index (χ0n) is 16.0. The fraction of sp³-hybridized carbons (Fsp3) is 0.286. The first kappa shape index (κ1) is 22.9. The Kier molecular flexibility index (Phi) is 8.70. The highest BCUT2D eigenvalue weighted by Crippen LogP contribution is 2.21. The third-order valence-corrected chi connectivity index (χ3v) is 5.41. The summed E-state index contributed by atoms with van der Waals surface area (Å²) in [4.78, 5) is 39.6. The Morgan fingerprint density at radius 2 is 1.76 bits per heavy atom. The molecule has 0 unspecified atom stereocenters. The lowest BCUT2D eigenvalue weighted by atomic mass is 10.1. The normalized spacial score (nSPS) is 13.3. The maximum Gasteiger partial charge on any atom is 0.289 e. The van der Waals surface area contributed by atoms with E-state index in [4.69, 9.17) is 5.73 Å². The van der Waals surface area contributed by atoms with E-state index in [1.807, 2.05) is 36.4 Å². The molecule has 154 valence electrons. The number of nitrogens with zero attached hydrogens (tertiary/aromatic N) is 2. The molecule has 0 radical (unpaired) electrons. The topological polar surface area (TPSA) is 83.7 Å². The number of carbonyl (C=O) groups excluding carboxylic acids is 3. The summed E-state index contributed by atoms with van der Waals surface area (Å²) in [7, 11) is 0. The molecule has 1 fully saturated rings. The molecule has 29 heavy (non-hydrogen) atoms. The largest absolute Gasteiger partial charge is 0.337 e. The Hall–Kier alpha value is -2.35. The third-order valence-electron chi connectivity index (χ3n) is 4.55. The molecule has 1 aliphatic heterocycles. The van der Waals surface area contributed by atoms with E-state index in [9.17, 15) is 14.4 Å². The van der Waals surface area contributed by atoms with Crippen molar-refractivity contribution in [2.75, 3.05) is 25.4 Å². The third kappa shape index (κ3) is 6.06. The Labute approximate surface area is 180 Å². The molecule has 2 aromatic carbocycles. The number of thioether (sulfide) groups is 1. The van der Waals surface area contributed by atoms with Gasteiger partial charge in [-0.3, -0.25) is 19.3 Å². The number of hydrogen-bond acceptors (Lipinski definition) is 5. The van der Waals surface area contributed by atoms with E-state index in [2.05, 4.69) is 0 Å². The molecule has 0 atom stereocenters. The van der Waals surface area contributed by atoms with Crippen LogP contribution in [0.4, 0.5) is 4.79 Å². The number of nitrogens with two attached hydrogens (primary N) is 1. The molecule has 0 aliphatic carbocycles. The van der Waals surface area contributed by atoms with Gasteiger partial charge < -0.3 is 10.6 Å². The van der Waals surface area contributed by atoms with Crippen molar-refractivity contribution >= 4 is 41.2 Å². The Morgan fingerprint density at radius 3 is 2.41 bits per heavy atom. The average molecular weight is 434 g/mol. The lowest BCUT2D eigenvalue weighted by Gasteiger charge is -2.23. The molecule has 1 heterocycles. The van der Waals surface area contributed by atoms with Crippen LogP contribution in [0.5, 0.6) is 0 Å². The zero-order valence-corrected chi connectivity index (χ0v) is 17.6. The van der Waals surface area contributed by atoms with Gasteiger partial charge in [-0.15, -0.1) is 12.4 Å². The molecule has 0 saturated carbocycles. The summed E-state index contributed by atoms with van der Waals surface area (Å²) in [5.74, 6) is -0.114. The van der Waals surface area contributed by atoms with Crippen molar-refractivity contribution in [3.8, 4) is 0 Å². The van der Waals surface area contributed by atoms with Gasteiger partial charge in [0.1, 0.15) is 0 Å². The minimum absolute atomic E-state index is 0. The average Bonchev–Trinajstić information content (AvgIpc) is 3.03. The first-order valence-corrected chi connectivity index (χ1v) is 10.2. The van der Waals surface area contributed by atoms with Crippen LogP contribution >= 0.6 is 24.2 Å². The molecule has 0 aromatic heterocycles. The van der Waals surface area contributed by atoms with Gasteiger partial charge in [0, 0.05) is 25.2 Å². The molecule has 1 aliphatic rings. The second kappa shape index (κ2) is 11.0. The predicted molar refractivity (Wildman–Crippen MR) is 117 cm³/mol. The van der Waals surface area contributed by atoms with E-state index in [-0.39, 0.29) is 41.8 Å². The van der Waals surface area contributed by atoms with E-state index in [0.717, 1.165) is 29.3 Å². The van der Waals surface area contributed by atoms with Crippen molar-refractivity contribution in [1.82, 2.24) is 9.80 Å². The highest BCUT2D eigenvalue weighted by molar-refractivity contribution is 8.14. The van der Waals surface area contributed by atoms with Crippen LogP contribution < -0.4 is 5.73 Å². The van der Waals surface area contributed by atoms with E-state index in [0.29, 0.717) is 25.2 Å². The summed E-state index contributed by atoms with van der Waals surface area (Å²) >= 11 is 1.01. The summed E-state index contributed by atoms with van der Waals surface area (Å²) in [6.07, 6.45) is 0.750. The van der Waals surface area contributed by atoms with Gasteiger partial charge in [0.25, 0.3) is 11.1 Å². The molecule has 2 N–H and O–H groups in total. The Morgan fingerprint density at radius 1 is 1.03 bits per heavy atom. The number of hydrogen-bond donors (Lipinski definition) is 1. The van der Waals surface area contributed by atoms with Crippen molar-refractivity contribution in [2.45, 2.75) is 13.0 Å². The van der Waals surface area contributed by atoms with Gasteiger partial charge in [0.2, 0.25) is 5.91 Å². The second-order valence-corrected chi connectivity index (χ2v) is 7.48. The monoisotopic (exact) mass is 433 g/mol. The summed E-state index contributed by atoms with van der Waals surface area (Å²) in [5.41, 5.74) is 8.16. The van der Waals surface area contributed by atoms with Crippen molar-refractivity contribution in [3.63, 3.8) is 0 Å². The molecule has 3 amide bonds. The van der Waals surface area contributed by atoms with Crippen LogP contribution in [0.15, 0.2) is 54.6 Å². The maximum atomic E-state index is 13.0. The fourth-order valence-corrected chi connectivity index (χ4v) is 3.81. The molecule has 0 spiro atoms. The highest BCUT2D eigenvalue weighted by Gasteiger charge is 2.29. The van der Waals surface area contributed by atoms with Gasteiger partial charge >= 0.3 is 0 Å². The predicted octanol–water partition coefficient (Wildman–Crippen LogP) is 2.95. The van der Waals surface area contributed by atoms with Crippen LogP contribution in [0.1, 0.15) is 21.5 Å². The smallest absolute Gasteiger partial charge is 0.289 e. The fourth-order valence-electron chi connectivity index (χ4n) is 3.08. The van der Waals surface area contributed by atoms with Crippen molar-refractivity contribution in [2.24, 2.45) is 5.73 Å². The van der Waals surface area contributed by atoms with Crippen LogP contribution in [0.2, 0.25) is 0 Å². The summed E-state index contributed by atoms with van der Waals surface area (Å²) < 4.78 is 0. The lowest BCUT2D eigenvalue weighted by Crippen LogP contribution is -2.37. The van der Waals surface area contributed by atoms with E-state index in [1.54, 1.807) is 23.1 Å². The molecular formula is C21H24ClN3O3S. The number of rotatable bonds is 8. The summed E-state index contributed by atoms with van der Waals surface area (Å²) in [5, 5.41) is -0.241. The van der Waals surface area contributed by atoms with Gasteiger partial charge in [0.15, 0.2) is 0 Å². The van der Waals surface area contributed by atoms with Gasteiger partial charge in [-0.25, -0.2) is 0 Å². The van der Waals surface area contributed by atoms with Crippen molar-refractivity contribution in [3.05, 3.63) is 71.3 Å². The minimum atomic E-state index is -0.241. The van der Waals surface area contributed by atoms with Crippen LogP contribution in [0.3, 0.4) is 0 Å². The molecule has 3 rings (SSSR count). The summed E-state index contributed by atoms with van der Waals surface area (Å²) in [6, 6.07) is 17.1. The molecule has 8 heteroatoms. The first-order chi connectivity index (χ1) is 13.6. The standard InChI is InChI=1S/C21H23N3O3S.ClH/c22-10-12-23(11-9-16-5-2-1-3-6-16)20(26)18-8-4-7-17(13-18)14-24-19(25)15-28-21(24)27;/h1-8,13H,9-12,14-15,22H2;1H.